The highest BCUT2D eigenvalue weighted by molar-refractivity contribution is 5.86. The number of fused-ring (bicyclic) bond motifs is 3. The zero-order chi connectivity index (χ0) is 28.8. The largest absolute Gasteiger partial charge is 0.261 e. The van der Waals surface area contributed by atoms with Crippen LogP contribution in [0.1, 0.15) is 60.9 Å². The summed E-state index contributed by atoms with van der Waals surface area (Å²) < 4.78 is 0. The molecule has 1 aromatic heterocycles. The molecule has 1 nitrogen and oxygen atoms in total. The Balaban J connectivity index is 1.21. The third-order valence-corrected chi connectivity index (χ3v) is 10.00. The van der Waals surface area contributed by atoms with Crippen LogP contribution in [0.25, 0.3) is 22.8 Å². The van der Waals surface area contributed by atoms with Crippen molar-refractivity contribution < 1.29 is 0 Å². The molecule has 0 fully saturated rings. The van der Waals surface area contributed by atoms with Crippen molar-refractivity contribution in [1.82, 2.24) is 4.98 Å². The lowest BCUT2D eigenvalue weighted by molar-refractivity contribution is 0.672. The highest BCUT2D eigenvalue weighted by Crippen LogP contribution is 2.44. The molecule has 1 heteroatoms. The number of rotatable bonds is 4. The van der Waals surface area contributed by atoms with Crippen molar-refractivity contribution in [2.45, 2.75) is 44.9 Å². The van der Waals surface area contributed by atoms with Gasteiger partial charge in [-0.05, 0) is 112 Å². The van der Waals surface area contributed by atoms with Crippen molar-refractivity contribution in [3.05, 3.63) is 171 Å². The van der Waals surface area contributed by atoms with Gasteiger partial charge in [0.25, 0.3) is 0 Å². The maximum absolute atomic E-state index is 4.58. The third kappa shape index (κ3) is 4.78. The summed E-state index contributed by atoms with van der Waals surface area (Å²) in [5.41, 5.74) is 14.2. The predicted molar refractivity (Wildman–Crippen MR) is 180 cm³/mol. The van der Waals surface area contributed by atoms with Gasteiger partial charge in [-0.15, -0.1) is 0 Å². The first kappa shape index (κ1) is 26.2. The molecule has 2 aromatic carbocycles. The van der Waals surface area contributed by atoms with Crippen LogP contribution in [-0.4, -0.2) is 4.98 Å². The fraction of sp³-hybridized carbons (Fsp3) is 0.214. The van der Waals surface area contributed by atoms with Crippen LogP contribution in [0.3, 0.4) is 0 Å². The summed E-state index contributed by atoms with van der Waals surface area (Å²) in [6.45, 7) is 2.25. The Morgan fingerprint density at radius 3 is 2.19 bits per heavy atom. The van der Waals surface area contributed by atoms with E-state index in [1.165, 1.54) is 60.6 Å². The van der Waals surface area contributed by atoms with Gasteiger partial charge in [0.05, 0.1) is 0 Å². The Kier molecular flexibility index (Phi) is 6.67. The highest BCUT2D eigenvalue weighted by Gasteiger charge is 2.33. The lowest BCUT2D eigenvalue weighted by atomic mass is 9.67. The second kappa shape index (κ2) is 11.0. The summed E-state index contributed by atoms with van der Waals surface area (Å²) in [5.74, 6) is 1.10. The zero-order valence-corrected chi connectivity index (χ0v) is 24.8. The fourth-order valence-corrected chi connectivity index (χ4v) is 7.74. The minimum absolute atomic E-state index is 0.355. The lowest BCUT2D eigenvalue weighted by Gasteiger charge is -2.36. The maximum atomic E-state index is 4.58. The molecule has 0 aliphatic heterocycles. The average Bonchev–Trinajstić information content (AvgIpc) is 3.07. The van der Waals surface area contributed by atoms with E-state index in [-0.39, 0.29) is 0 Å². The Morgan fingerprint density at radius 2 is 1.49 bits per heavy atom. The molecular formula is C42H37N. The second-order valence-corrected chi connectivity index (χ2v) is 12.6. The highest BCUT2D eigenvalue weighted by atomic mass is 14.7. The average molecular weight is 556 g/mol. The number of nitrogens with zero attached hydrogens (tertiary/aromatic N) is 1. The number of aryl methyl sites for hydroxylation is 1. The molecule has 210 valence electrons. The third-order valence-electron chi connectivity index (χ3n) is 10.00. The standard InChI is InChI=1S/C42H37N/c1-28-13-15-32(16-14-28)41-36-8-2-4-10-38(36)42(39-11-5-3-9-37(39)41)34-24-20-30-19-23-33(26-35(30)27-34)29-17-21-31(22-18-29)40-12-6-7-25-43-40/h2-13,15,17-19,21,23,25-27,31,36,38H,14,16,20,22,24H2,1H3. The summed E-state index contributed by atoms with van der Waals surface area (Å²) in [7, 11) is 0. The van der Waals surface area contributed by atoms with Crippen LogP contribution in [0.4, 0.5) is 0 Å². The smallest absolute Gasteiger partial charge is 0.0475 e. The molecule has 0 bridgehead atoms. The monoisotopic (exact) mass is 555 g/mol. The van der Waals surface area contributed by atoms with E-state index in [1.807, 2.05) is 12.3 Å². The molecular weight excluding hydrogens is 518 g/mol. The van der Waals surface area contributed by atoms with Crippen molar-refractivity contribution in [3.8, 4) is 0 Å². The molecule has 3 aromatic rings. The van der Waals surface area contributed by atoms with E-state index < -0.39 is 0 Å². The molecule has 1 heterocycles. The van der Waals surface area contributed by atoms with Gasteiger partial charge in [-0.1, -0.05) is 109 Å². The van der Waals surface area contributed by atoms with Crippen molar-refractivity contribution in [1.29, 1.82) is 0 Å². The van der Waals surface area contributed by atoms with Crippen molar-refractivity contribution in [3.63, 3.8) is 0 Å². The molecule has 3 atom stereocenters. The second-order valence-electron chi connectivity index (χ2n) is 12.6. The van der Waals surface area contributed by atoms with Crippen LogP contribution in [0.2, 0.25) is 0 Å². The molecule has 0 spiro atoms. The van der Waals surface area contributed by atoms with Crippen molar-refractivity contribution in [2.24, 2.45) is 11.8 Å². The summed E-state index contributed by atoms with van der Waals surface area (Å²) in [6, 6.07) is 22.5. The number of benzene rings is 2. The van der Waals surface area contributed by atoms with Gasteiger partial charge in [0.15, 0.2) is 0 Å². The first-order valence-electron chi connectivity index (χ1n) is 15.9. The Morgan fingerprint density at radius 1 is 0.721 bits per heavy atom. The molecule has 0 saturated carbocycles. The molecule has 8 rings (SSSR count). The van der Waals surface area contributed by atoms with Gasteiger partial charge < -0.3 is 0 Å². The van der Waals surface area contributed by atoms with E-state index in [0.717, 1.165) is 37.8 Å². The molecule has 0 radical (unpaired) electrons. The van der Waals surface area contributed by atoms with Gasteiger partial charge >= 0.3 is 0 Å². The van der Waals surface area contributed by atoms with Gasteiger partial charge in [-0.3, -0.25) is 4.98 Å². The van der Waals surface area contributed by atoms with Crippen molar-refractivity contribution in [2.75, 3.05) is 0 Å². The van der Waals surface area contributed by atoms with Gasteiger partial charge in [0.2, 0.25) is 0 Å². The van der Waals surface area contributed by atoms with Crippen LogP contribution in [-0.2, 0) is 6.42 Å². The van der Waals surface area contributed by atoms with Gasteiger partial charge in [0.1, 0.15) is 0 Å². The van der Waals surface area contributed by atoms with Crippen LogP contribution < -0.4 is 10.4 Å². The maximum Gasteiger partial charge on any atom is 0.0475 e. The Labute approximate surface area is 255 Å². The van der Waals surface area contributed by atoms with Gasteiger partial charge in [0, 0.05) is 29.6 Å². The Bertz CT molecular complexity index is 1950. The first-order valence-corrected chi connectivity index (χ1v) is 15.9. The number of aromatic nitrogens is 1. The molecule has 5 aliphatic carbocycles. The van der Waals surface area contributed by atoms with Crippen LogP contribution in [0.5, 0.6) is 0 Å². The van der Waals surface area contributed by atoms with E-state index in [9.17, 15) is 0 Å². The van der Waals surface area contributed by atoms with Crippen LogP contribution in [0.15, 0.2) is 138 Å². The topological polar surface area (TPSA) is 12.9 Å². The van der Waals surface area contributed by atoms with Gasteiger partial charge in [-0.2, -0.15) is 0 Å². The van der Waals surface area contributed by atoms with E-state index in [1.54, 1.807) is 0 Å². The summed E-state index contributed by atoms with van der Waals surface area (Å²) in [6.07, 6.45) is 31.0. The minimum Gasteiger partial charge on any atom is -0.261 e. The molecule has 3 unspecified atom stereocenters. The molecule has 43 heavy (non-hydrogen) atoms. The van der Waals surface area contributed by atoms with E-state index in [4.69, 9.17) is 0 Å². The molecule has 0 N–H and O–H groups in total. The normalized spacial score (nSPS) is 23.9. The minimum atomic E-state index is 0.355. The summed E-state index contributed by atoms with van der Waals surface area (Å²) in [5, 5.41) is 2.86. The van der Waals surface area contributed by atoms with Gasteiger partial charge in [-0.25, -0.2) is 0 Å². The Hall–Kier alpha value is -4.49. The number of allylic oxidation sites excluding steroid dienone is 13. The summed E-state index contributed by atoms with van der Waals surface area (Å²) >= 11 is 0. The quantitative estimate of drug-likeness (QED) is 0.314. The van der Waals surface area contributed by atoms with E-state index >= 15 is 0 Å². The molecule has 0 saturated heterocycles. The van der Waals surface area contributed by atoms with Crippen LogP contribution in [0, 0.1) is 11.8 Å². The molecule has 0 amide bonds. The SMILES string of the molecule is CC1=CC=C(C2=c3ccccc3=C(C3=Cc4cc(C5=CCC(c6ccccn6)C=C5)ccc4CC3)C3C=CC=CC23)CC1. The number of hydrogen-bond acceptors (Lipinski definition) is 1. The number of pyridine rings is 1. The fourth-order valence-electron chi connectivity index (χ4n) is 7.74. The lowest BCUT2D eigenvalue weighted by Crippen LogP contribution is -2.40. The number of hydrogen-bond donors (Lipinski definition) is 0. The first-order chi connectivity index (χ1) is 21.2. The van der Waals surface area contributed by atoms with Crippen molar-refractivity contribution >= 4 is 22.8 Å². The molecule has 5 aliphatic rings. The van der Waals surface area contributed by atoms with E-state index in [2.05, 4.69) is 127 Å². The van der Waals surface area contributed by atoms with Crippen LogP contribution >= 0.6 is 0 Å². The zero-order valence-electron chi connectivity index (χ0n) is 24.8. The predicted octanol–water partition coefficient (Wildman–Crippen LogP) is 8.58. The summed E-state index contributed by atoms with van der Waals surface area (Å²) in [4.78, 5) is 4.58. The van der Waals surface area contributed by atoms with E-state index in [0.29, 0.717) is 17.8 Å².